The van der Waals surface area contributed by atoms with Crippen molar-refractivity contribution in [3.8, 4) is 6.07 Å². The highest BCUT2D eigenvalue weighted by Crippen LogP contribution is 2.31. The van der Waals surface area contributed by atoms with Crippen molar-refractivity contribution >= 4 is 44.9 Å². The van der Waals surface area contributed by atoms with Gasteiger partial charge >= 0.3 is 0 Å². The second kappa shape index (κ2) is 5.64. The summed E-state index contributed by atoms with van der Waals surface area (Å²) in [6.45, 7) is 1.88. The van der Waals surface area contributed by atoms with Gasteiger partial charge in [0.1, 0.15) is 5.54 Å². The molecule has 1 saturated heterocycles. The maximum atomic E-state index is 12.2. The van der Waals surface area contributed by atoms with Gasteiger partial charge in [-0.1, -0.05) is 0 Å². The lowest BCUT2D eigenvalue weighted by Crippen LogP contribution is -2.48. The summed E-state index contributed by atoms with van der Waals surface area (Å²) in [6.07, 6.45) is 0.737. The van der Waals surface area contributed by atoms with Crippen LogP contribution in [0.15, 0.2) is 15.9 Å². The Balaban J connectivity index is 2.06. The van der Waals surface area contributed by atoms with Gasteiger partial charge in [-0.3, -0.25) is 4.79 Å². The molecule has 0 saturated carbocycles. The second-order valence-electron chi connectivity index (χ2n) is 4.35. The molecule has 96 valence electrons. The molecule has 2 heterocycles. The number of thiophene rings is 1. The van der Waals surface area contributed by atoms with Crippen molar-refractivity contribution in [1.82, 2.24) is 5.32 Å². The van der Waals surface area contributed by atoms with E-state index in [0.717, 1.165) is 20.8 Å². The highest BCUT2D eigenvalue weighted by atomic mass is 79.9. The normalized spacial score (nSPS) is 24.5. The van der Waals surface area contributed by atoms with Crippen LogP contribution in [0, 0.1) is 11.3 Å². The van der Waals surface area contributed by atoms with E-state index in [1.807, 2.05) is 19.1 Å². The highest BCUT2D eigenvalue weighted by molar-refractivity contribution is 9.11. The van der Waals surface area contributed by atoms with E-state index in [9.17, 15) is 10.1 Å². The Kier molecular flexibility index (Phi) is 4.36. The van der Waals surface area contributed by atoms with Crippen LogP contribution in [0.3, 0.4) is 0 Å². The quantitative estimate of drug-likeness (QED) is 0.916. The summed E-state index contributed by atoms with van der Waals surface area (Å²) in [5.41, 5.74) is -0.662. The van der Waals surface area contributed by atoms with E-state index in [2.05, 4.69) is 27.3 Å². The molecule has 0 unspecified atom stereocenters. The van der Waals surface area contributed by atoms with Crippen molar-refractivity contribution in [2.75, 3.05) is 11.5 Å². The Morgan fingerprint density at radius 2 is 2.44 bits per heavy atom. The van der Waals surface area contributed by atoms with Crippen LogP contribution >= 0.6 is 39.0 Å². The van der Waals surface area contributed by atoms with E-state index >= 15 is 0 Å². The van der Waals surface area contributed by atoms with Crippen molar-refractivity contribution in [1.29, 1.82) is 5.26 Å². The van der Waals surface area contributed by atoms with Crippen LogP contribution in [-0.2, 0) is 4.79 Å². The maximum Gasteiger partial charge on any atom is 0.229 e. The predicted octanol–water partition coefficient (Wildman–Crippen LogP) is 3.13. The van der Waals surface area contributed by atoms with Crippen LogP contribution in [0.1, 0.15) is 24.1 Å². The van der Waals surface area contributed by atoms with Crippen LogP contribution in [0.4, 0.5) is 0 Å². The van der Waals surface area contributed by atoms with E-state index in [1.54, 1.807) is 23.1 Å². The number of nitriles is 1. The minimum Gasteiger partial charge on any atom is -0.337 e. The molecular weight excluding hydrogens is 332 g/mol. The minimum absolute atomic E-state index is 0.0617. The van der Waals surface area contributed by atoms with E-state index in [1.165, 1.54) is 0 Å². The molecular formula is C12H13BrN2OS2. The van der Waals surface area contributed by atoms with Gasteiger partial charge in [-0.25, -0.2) is 0 Å². The van der Waals surface area contributed by atoms with Crippen LogP contribution in [0.5, 0.6) is 0 Å². The van der Waals surface area contributed by atoms with Crippen LogP contribution in [0.25, 0.3) is 0 Å². The van der Waals surface area contributed by atoms with Gasteiger partial charge in [-0.05, 0) is 47.2 Å². The molecule has 0 aliphatic carbocycles. The lowest BCUT2D eigenvalue weighted by molar-refractivity contribution is -0.123. The molecule has 6 heteroatoms. The Bertz CT molecular complexity index is 489. The lowest BCUT2D eigenvalue weighted by Gasteiger charge is -2.23. The monoisotopic (exact) mass is 344 g/mol. The van der Waals surface area contributed by atoms with Crippen molar-refractivity contribution in [2.45, 2.75) is 24.8 Å². The average molecular weight is 345 g/mol. The first-order valence-corrected chi connectivity index (χ1v) is 8.39. The second-order valence-corrected chi connectivity index (χ2v) is 7.95. The fourth-order valence-corrected chi connectivity index (χ4v) is 4.55. The van der Waals surface area contributed by atoms with Gasteiger partial charge in [0, 0.05) is 10.6 Å². The SMILES string of the molecule is C[C@H](C(=O)N[C@]1(C#N)CCSC1)c1ccc(Br)s1. The molecule has 3 nitrogen and oxygen atoms in total. The largest absolute Gasteiger partial charge is 0.337 e. The first-order valence-electron chi connectivity index (χ1n) is 5.62. The van der Waals surface area contributed by atoms with E-state index in [4.69, 9.17) is 0 Å². The number of carbonyl (C=O) groups is 1. The summed E-state index contributed by atoms with van der Waals surface area (Å²) in [6, 6.07) is 6.15. The van der Waals surface area contributed by atoms with Crippen molar-refractivity contribution < 1.29 is 4.79 Å². The van der Waals surface area contributed by atoms with Crippen LogP contribution in [0.2, 0.25) is 0 Å². The first kappa shape index (κ1) is 13.9. The molecule has 0 bridgehead atoms. The number of hydrogen-bond acceptors (Lipinski definition) is 4. The topological polar surface area (TPSA) is 52.9 Å². The van der Waals surface area contributed by atoms with Gasteiger partial charge in [-0.2, -0.15) is 17.0 Å². The summed E-state index contributed by atoms with van der Waals surface area (Å²) in [5, 5.41) is 12.2. The fraction of sp³-hybridized carbons (Fsp3) is 0.500. The highest BCUT2D eigenvalue weighted by Gasteiger charge is 2.37. The number of hydrogen-bond donors (Lipinski definition) is 1. The van der Waals surface area contributed by atoms with E-state index in [-0.39, 0.29) is 11.8 Å². The summed E-state index contributed by atoms with van der Waals surface area (Å²) < 4.78 is 1.02. The number of nitrogens with one attached hydrogen (secondary N) is 1. The molecule has 2 atom stereocenters. The Morgan fingerprint density at radius 3 is 2.94 bits per heavy atom. The van der Waals surface area contributed by atoms with Gasteiger partial charge in [0.05, 0.1) is 15.8 Å². The molecule has 1 amide bonds. The molecule has 0 spiro atoms. The summed E-state index contributed by atoms with van der Waals surface area (Å²) >= 11 is 6.67. The van der Waals surface area contributed by atoms with E-state index < -0.39 is 5.54 Å². The van der Waals surface area contributed by atoms with Crippen LogP contribution < -0.4 is 5.32 Å². The minimum atomic E-state index is -0.662. The number of amides is 1. The maximum absolute atomic E-state index is 12.2. The number of nitrogens with zero attached hydrogens (tertiary/aromatic N) is 1. The molecule has 1 aromatic rings. The average Bonchev–Trinajstić information content (AvgIpc) is 2.98. The Morgan fingerprint density at radius 1 is 1.67 bits per heavy atom. The zero-order chi connectivity index (χ0) is 13.2. The van der Waals surface area contributed by atoms with Crippen molar-refractivity contribution in [2.24, 2.45) is 0 Å². The smallest absolute Gasteiger partial charge is 0.229 e. The van der Waals surface area contributed by atoms with Gasteiger partial charge in [0.2, 0.25) is 5.91 Å². The summed E-state index contributed by atoms with van der Waals surface area (Å²) in [4.78, 5) is 13.2. The number of thioether (sulfide) groups is 1. The van der Waals surface area contributed by atoms with Gasteiger partial charge < -0.3 is 5.32 Å². The molecule has 0 aromatic carbocycles. The third-order valence-corrected chi connectivity index (χ3v) is 6.01. The van der Waals surface area contributed by atoms with Crippen LogP contribution in [-0.4, -0.2) is 23.0 Å². The standard InChI is InChI=1S/C12H13BrN2OS2/c1-8(9-2-3-10(13)18-9)11(16)15-12(6-14)4-5-17-7-12/h2-3,8H,4-5,7H2,1H3,(H,15,16)/t8-,12-/m0/s1. The fourth-order valence-electron chi connectivity index (χ4n) is 1.81. The molecule has 2 rings (SSSR count). The molecule has 0 radical (unpaired) electrons. The van der Waals surface area contributed by atoms with Crippen molar-refractivity contribution in [3.63, 3.8) is 0 Å². The molecule has 1 N–H and O–H groups in total. The molecule has 18 heavy (non-hydrogen) atoms. The third kappa shape index (κ3) is 2.90. The third-order valence-electron chi connectivity index (χ3n) is 3.01. The predicted molar refractivity (Wildman–Crippen MR) is 78.9 cm³/mol. The number of carbonyl (C=O) groups excluding carboxylic acids is 1. The van der Waals surface area contributed by atoms with Gasteiger partial charge in [-0.15, -0.1) is 11.3 Å². The zero-order valence-corrected chi connectivity index (χ0v) is 13.1. The number of halogens is 1. The molecule has 1 fully saturated rings. The Labute approximate surface area is 123 Å². The molecule has 1 aliphatic rings. The molecule has 1 aliphatic heterocycles. The van der Waals surface area contributed by atoms with E-state index in [0.29, 0.717) is 5.75 Å². The van der Waals surface area contributed by atoms with Gasteiger partial charge in [0.15, 0.2) is 0 Å². The summed E-state index contributed by atoms with van der Waals surface area (Å²) in [7, 11) is 0. The lowest BCUT2D eigenvalue weighted by atomic mass is 9.99. The Hall–Kier alpha value is -0.510. The number of rotatable bonds is 3. The first-order chi connectivity index (χ1) is 8.56. The zero-order valence-electron chi connectivity index (χ0n) is 9.90. The summed E-state index contributed by atoms with van der Waals surface area (Å²) in [5.74, 6) is 1.36. The molecule has 1 aromatic heterocycles. The van der Waals surface area contributed by atoms with Crippen molar-refractivity contribution in [3.05, 3.63) is 20.8 Å². The van der Waals surface area contributed by atoms with Gasteiger partial charge in [0.25, 0.3) is 0 Å².